The van der Waals surface area contributed by atoms with Crippen LogP contribution in [0.1, 0.15) is 11.4 Å². The predicted octanol–water partition coefficient (Wildman–Crippen LogP) is 1.45. The average molecular weight is 473 g/mol. The van der Waals surface area contributed by atoms with E-state index in [0.717, 1.165) is 24.3 Å². The molecule has 1 aromatic heterocycles. The van der Waals surface area contributed by atoms with Gasteiger partial charge in [0.25, 0.3) is 5.56 Å². The number of anilines is 1. The summed E-state index contributed by atoms with van der Waals surface area (Å²) in [6.07, 6.45) is 0.576. The van der Waals surface area contributed by atoms with Gasteiger partial charge in [0.05, 0.1) is 35.1 Å². The van der Waals surface area contributed by atoms with E-state index in [1.165, 1.54) is 12.1 Å². The van der Waals surface area contributed by atoms with Crippen LogP contribution in [0.25, 0.3) is 10.9 Å². The highest BCUT2D eigenvalue weighted by molar-refractivity contribution is 7.89. The first-order chi connectivity index (χ1) is 15.8. The molecule has 33 heavy (non-hydrogen) atoms. The van der Waals surface area contributed by atoms with E-state index in [0.29, 0.717) is 42.9 Å². The van der Waals surface area contributed by atoms with Crippen molar-refractivity contribution in [3.8, 4) is 0 Å². The number of fused-ring (bicyclic) bond motifs is 1. The number of nitrogens with zero attached hydrogens (tertiary/aromatic N) is 3. The number of ether oxygens (including phenoxy) is 2. The number of benzene rings is 2. The van der Waals surface area contributed by atoms with Gasteiger partial charge in [0.15, 0.2) is 0 Å². The normalized spacial score (nSPS) is 16.9. The van der Waals surface area contributed by atoms with Crippen LogP contribution in [0.15, 0.2) is 52.2 Å². The molecule has 1 aliphatic rings. The minimum atomic E-state index is -3.72. The lowest BCUT2D eigenvalue weighted by molar-refractivity contribution is -0.0100. The van der Waals surface area contributed by atoms with E-state index >= 15 is 0 Å². The number of aryl methyl sites for hydroxylation is 2. The number of nitrogens with two attached hydrogens (primary N) is 1. The quantitative estimate of drug-likeness (QED) is 0.553. The summed E-state index contributed by atoms with van der Waals surface area (Å²) in [7, 11) is -2.06. The third-order valence-corrected chi connectivity index (χ3v) is 6.79. The molecule has 0 spiro atoms. The van der Waals surface area contributed by atoms with Gasteiger partial charge in [0, 0.05) is 32.4 Å². The van der Waals surface area contributed by atoms with E-state index in [2.05, 4.69) is 4.90 Å². The van der Waals surface area contributed by atoms with Gasteiger partial charge in [-0.3, -0.25) is 9.36 Å². The molecule has 9 nitrogen and oxygen atoms in total. The number of methoxy groups -OCH3 is 1. The lowest BCUT2D eigenvalue weighted by Gasteiger charge is -2.34. The fourth-order valence-corrected chi connectivity index (χ4v) is 4.62. The molecule has 2 heterocycles. The molecule has 1 fully saturated rings. The minimum absolute atomic E-state index is 0.0150. The molecule has 0 saturated carbocycles. The number of sulfonamides is 1. The molecule has 0 unspecified atom stereocenters. The molecule has 4 rings (SSSR count). The van der Waals surface area contributed by atoms with Crippen LogP contribution in [0.5, 0.6) is 0 Å². The highest BCUT2D eigenvalue weighted by Gasteiger charge is 2.21. The topological polar surface area (TPSA) is 117 Å². The summed E-state index contributed by atoms with van der Waals surface area (Å²) in [6, 6.07) is 12.1. The van der Waals surface area contributed by atoms with Crippen LogP contribution < -0.4 is 15.6 Å². The molecule has 0 bridgehead atoms. The van der Waals surface area contributed by atoms with Crippen LogP contribution in [0.3, 0.4) is 0 Å². The summed E-state index contributed by atoms with van der Waals surface area (Å²) < 4.78 is 35.4. The van der Waals surface area contributed by atoms with Gasteiger partial charge in [0.2, 0.25) is 10.0 Å². The zero-order chi connectivity index (χ0) is 23.6. The Morgan fingerprint density at radius 2 is 1.97 bits per heavy atom. The van der Waals surface area contributed by atoms with E-state index in [4.69, 9.17) is 19.6 Å². The predicted molar refractivity (Wildman–Crippen MR) is 126 cm³/mol. The first-order valence-electron chi connectivity index (χ1n) is 10.7. The Kier molecular flexibility index (Phi) is 6.80. The highest BCUT2D eigenvalue weighted by atomic mass is 32.2. The van der Waals surface area contributed by atoms with E-state index in [9.17, 15) is 13.2 Å². The third kappa shape index (κ3) is 5.25. The Morgan fingerprint density at radius 3 is 2.67 bits per heavy atom. The highest BCUT2D eigenvalue weighted by Crippen LogP contribution is 2.22. The second-order valence-electron chi connectivity index (χ2n) is 8.15. The van der Waals surface area contributed by atoms with Crippen molar-refractivity contribution in [1.29, 1.82) is 0 Å². The number of hydrogen-bond donors (Lipinski definition) is 1. The monoisotopic (exact) mass is 472 g/mol. The Bertz CT molecular complexity index is 1300. The molecule has 3 aromatic rings. The van der Waals surface area contributed by atoms with Gasteiger partial charge < -0.3 is 14.4 Å². The Balaban J connectivity index is 1.54. The van der Waals surface area contributed by atoms with Crippen LogP contribution in [-0.4, -0.2) is 57.5 Å². The van der Waals surface area contributed by atoms with Gasteiger partial charge >= 0.3 is 0 Å². The SMILES string of the molecule is COC[C@H]1CN(c2ccc3c(=O)n(CCc4ccc(S(N)(=O)=O)cc4)c(C)nc3c2)CCO1. The fourth-order valence-electron chi connectivity index (χ4n) is 4.11. The van der Waals surface area contributed by atoms with Crippen molar-refractivity contribution in [3.63, 3.8) is 0 Å². The molecule has 1 saturated heterocycles. The van der Waals surface area contributed by atoms with Crippen molar-refractivity contribution in [1.82, 2.24) is 9.55 Å². The molecule has 1 atom stereocenters. The molecule has 10 heteroatoms. The van der Waals surface area contributed by atoms with Gasteiger partial charge in [-0.25, -0.2) is 18.5 Å². The van der Waals surface area contributed by atoms with Crippen molar-refractivity contribution in [2.75, 3.05) is 38.3 Å². The zero-order valence-corrected chi connectivity index (χ0v) is 19.5. The van der Waals surface area contributed by atoms with Crippen molar-refractivity contribution in [3.05, 3.63) is 64.2 Å². The molecule has 0 aliphatic carbocycles. The zero-order valence-electron chi connectivity index (χ0n) is 18.7. The first kappa shape index (κ1) is 23.4. The Hall–Kier alpha value is -2.79. The summed E-state index contributed by atoms with van der Waals surface area (Å²) in [6.45, 7) is 4.91. The Morgan fingerprint density at radius 1 is 1.21 bits per heavy atom. The van der Waals surface area contributed by atoms with Crippen molar-refractivity contribution >= 4 is 26.6 Å². The summed E-state index contributed by atoms with van der Waals surface area (Å²) in [5, 5.41) is 5.71. The second kappa shape index (κ2) is 9.60. The van der Waals surface area contributed by atoms with Crippen LogP contribution in [0, 0.1) is 6.92 Å². The van der Waals surface area contributed by atoms with Crippen LogP contribution in [0.4, 0.5) is 5.69 Å². The fraction of sp³-hybridized carbons (Fsp3) is 0.391. The number of rotatable bonds is 7. The summed E-state index contributed by atoms with van der Waals surface area (Å²) in [5.41, 5.74) is 2.48. The lowest BCUT2D eigenvalue weighted by Crippen LogP contribution is -2.44. The van der Waals surface area contributed by atoms with Gasteiger partial charge in [-0.15, -0.1) is 0 Å². The van der Waals surface area contributed by atoms with Crippen molar-refractivity contribution in [2.45, 2.75) is 30.9 Å². The molecule has 1 aliphatic heterocycles. The number of morpholine rings is 1. The second-order valence-corrected chi connectivity index (χ2v) is 9.71. The van der Waals surface area contributed by atoms with Crippen LogP contribution >= 0.6 is 0 Å². The van der Waals surface area contributed by atoms with Crippen LogP contribution in [-0.2, 0) is 32.5 Å². The smallest absolute Gasteiger partial charge is 0.261 e. The third-order valence-electron chi connectivity index (χ3n) is 5.86. The standard InChI is InChI=1S/C23H28N4O5S/c1-16-25-22-13-18(26-11-12-32-19(14-26)15-31-2)5-8-21(22)23(28)27(16)10-9-17-3-6-20(7-4-17)33(24,29)30/h3-8,13,19H,9-12,14-15H2,1-2H3,(H2,24,29,30)/t19-/m1/s1. The molecule has 0 radical (unpaired) electrons. The van der Waals surface area contributed by atoms with Gasteiger partial charge in [-0.2, -0.15) is 0 Å². The average Bonchev–Trinajstić information content (AvgIpc) is 2.79. The molecule has 2 aromatic carbocycles. The van der Waals surface area contributed by atoms with E-state index < -0.39 is 10.0 Å². The van der Waals surface area contributed by atoms with Gasteiger partial charge in [-0.05, 0) is 49.2 Å². The van der Waals surface area contributed by atoms with E-state index in [1.807, 2.05) is 25.1 Å². The largest absolute Gasteiger partial charge is 0.382 e. The summed E-state index contributed by atoms with van der Waals surface area (Å²) >= 11 is 0. The van der Waals surface area contributed by atoms with Crippen molar-refractivity contribution in [2.24, 2.45) is 5.14 Å². The van der Waals surface area contributed by atoms with Crippen LogP contribution in [0.2, 0.25) is 0 Å². The maximum Gasteiger partial charge on any atom is 0.261 e. The summed E-state index contributed by atoms with van der Waals surface area (Å²) in [5.74, 6) is 0.630. The first-order valence-corrected chi connectivity index (χ1v) is 12.3. The Labute approximate surface area is 192 Å². The maximum absolute atomic E-state index is 13.2. The minimum Gasteiger partial charge on any atom is -0.382 e. The maximum atomic E-state index is 13.2. The number of primary sulfonamides is 1. The van der Waals surface area contributed by atoms with Gasteiger partial charge in [0.1, 0.15) is 5.82 Å². The lowest BCUT2D eigenvalue weighted by atomic mass is 10.1. The molecule has 0 amide bonds. The summed E-state index contributed by atoms with van der Waals surface area (Å²) in [4.78, 5) is 20.1. The van der Waals surface area contributed by atoms with E-state index in [-0.39, 0.29) is 16.6 Å². The van der Waals surface area contributed by atoms with Crippen molar-refractivity contribution < 1.29 is 17.9 Å². The number of hydrogen-bond acceptors (Lipinski definition) is 7. The molecule has 2 N–H and O–H groups in total. The molecule has 176 valence electrons. The molecular formula is C23H28N4O5S. The van der Waals surface area contributed by atoms with Gasteiger partial charge in [-0.1, -0.05) is 12.1 Å². The molecular weight excluding hydrogens is 444 g/mol. The van der Waals surface area contributed by atoms with E-state index in [1.54, 1.807) is 23.8 Å². The number of aromatic nitrogens is 2.